The van der Waals surface area contributed by atoms with Gasteiger partial charge in [0, 0.05) is 12.1 Å². The predicted octanol–water partition coefficient (Wildman–Crippen LogP) is 0.198. The third-order valence-electron chi connectivity index (χ3n) is 4.83. The second kappa shape index (κ2) is 6.78. The molecule has 0 aromatic carbocycles. The molecule has 0 bridgehead atoms. The number of anilines is 1. The molecule has 2 aliphatic heterocycles. The maximum atomic E-state index is 12.3. The summed E-state index contributed by atoms with van der Waals surface area (Å²) in [5.41, 5.74) is 1.03. The topological polar surface area (TPSA) is 99.6 Å². The maximum Gasteiger partial charge on any atom is 0.228 e. The molecule has 0 saturated carbocycles. The summed E-state index contributed by atoms with van der Waals surface area (Å²) < 4.78 is 23.3. The summed E-state index contributed by atoms with van der Waals surface area (Å²) >= 11 is 0. The van der Waals surface area contributed by atoms with Crippen LogP contribution in [0.15, 0.2) is 18.3 Å². The van der Waals surface area contributed by atoms with Crippen LogP contribution >= 0.6 is 0 Å². The van der Waals surface area contributed by atoms with Gasteiger partial charge < -0.3 is 10.4 Å². The number of carbonyl (C=O) groups is 1. The second-order valence-corrected chi connectivity index (χ2v) is 8.89. The summed E-state index contributed by atoms with van der Waals surface area (Å²) in [6.45, 7) is 3.18. The number of nitrogens with zero attached hydrogens (tertiary/aromatic N) is 2. The number of aryl methyl sites for hydroxylation is 1. The standard InChI is InChI=1S/C16H23N3O4S/c1-11-2-3-15(17-8-11)18-16(21)12-4-6-19(7-5-12)13-9-24(22,23)10-14(13)20/h2-3,8,12-14,20H,4-7,9-10H2,1H3,(H,17,18,21)/t13-,14+/m0/s1. The Hall–Kier alpha value is -1.51. The van der Waals surface area contributed by atoms with Crippen molar-refractivity contribution in [1.29, 1.82) is 0 Å². The van der Waals surface area contributed by atoms with Crippen LogP contribution in [0.2, 0.25) is 0 Å². The first-order chi connectivity index (χ1) is 11.3. The van der Waals surface area contributed by atoms with Gasteiger partial charge in [-0.15, -0.1) is 0 Å². The molecule has 0 radical (unpaired) electrons. The number of hydrogen-bond acceptors (Lipinski definition) is 6. The Bertz CT molecular complexity index is 697. The quantitative estimate of drug-likeness (QED) is 0.805. The largest absolute Gasteiger partial charge is 0.390 e. The molecule has 8 heteroatoms. The van der Waals surface area contributed by atoms with Gasteiger partial charge >= 0.3 is 0 Å². The van der Waals surface area contributed by atoms with Gasteiger partial charge in [-0.1, -0.05) is 6.07 Å². The Morgan fingerprint density at radius 2 is 2.00 bits per heavy atom. The molecule has 0 unspecified atom stereocenters. The van der Waals surface area contributed by atoms with Crippen molar-refractivity contribution in [3.63, 3.8) is 0 Å². The highest BCUT2D eigenvalue weighted by Gasteiger charge is 2.41. The first-order valence-corrected chi connectivity index (χ1v) is 10.0. The summed E-state index contributed by atoms with van der Waals surface area (Å²) in [4.78, 5) is 18.5. The lowest BCUT2D eigenvalue weighted by Gasteiger charge is -2.36. The Morgan fingerprint density at radius 3 is 2.54 bits per heavy atom. The summed E-state index contributed by atoms with van der Waals surface area (Å²) in [5.74, 6) is 0.241. The number of pyridine rings is 1. The van der Waals surface area contributed by atoms with Crippen LogP contribution in [-0.4, -0.2) is 66.1 Å². The predicted molar refractivity (Wildman–Crippen MR) is 90.3 cm³/mol. The number of aliphatic hydroxyl groups is 1. The second-order valence-electron chi connectivity index (χ2n) is 6.73. The fourth-order valence-corrected chi connectivity index (χ4v) is 5.25. The van der Waals surface area contributed by atoms with Gasteiger partial charge in [0.1, 0.15) is 5.82 Å². The van der Waals surface area contributed by atoms with E-state index in [1.54, 1.807) is 12.3 Å². The number of aromatic nitrogens is 1. The number of hydrogen-bond donors (Lipinski definition) is 2. The van der Waals surface area contributed by atoms with Crippen molar-refractivity contribution < 1.29 is 18.3 Å². The zero-order valence-electron chi connectivity index (χ0n) is 13.7. The Labute approximate surface area is 142 Å². The number of amides is 1. The van der Waals surface area contributed by atoms with Gasteiger partial charge in [0.05, 0.1) is 23.7 Å². The molecule has 2 N–H and O–H groups in total. The molecule has 1 amide bonds. The average molecular weight is 353 g/mol. The molecule has 2 aliphatic rings. The van der Waals surface area contributed by atoms with Crippen LogP contribution in [0.1, 0.15) is 18.4 Å². The molecule has 24 heavy (non-hydrogen) atoms. The molecule has 2 saturated heterocycles. The summed E-state index contributed by atoms with van der Waals surface area (Å²) in [7, 11) is -3.15. The third-order valence-corrected chi connectivity index (χ3v) is 6.52. The van der Waals surface area contributed by atoms with E-state index in [0.29, 0.717) is 31.7 Å². The molecule has 1 aromatic rings. The molecule has 0 aliphatic carbocycles. The number of sulfone groups is 1. The molecule has 7 nitrogen and oxygen atoms in total. The van der Waals surface area contributed by atoms with Gasteiger partial charge in [-0.25, -0.2) is 13.4 Å². The van der Waals surface area contributed by atoms with Gasteiger partial charge in [-0.05, 0) is 44.5 Å². The molecular formula is C16H23N3O4S. The van der Waals surface area contributed by atoms with Crippen LogP contribution in [0.4, 0.5) is 5.82 Å². The fraction of sp³-hybridized carbons (Fsp3) is 0.625. The summed E-state index contributed by atoms with van der Waals surface area (Å²) in [6.07, 6.45) is 2.19. The highest BCUT2D eigenvalue weighted by atomic mass is 32.2. The van der Waals surface area contributed by atoms with Crippen LogP contribution in [0.3, 0.4) is 0 Å². The van der Waals surface area contributed by atoms with Crippen molar-refractivity contribution in [2.24, 2.45) is 5.92 Å². The van der Waals surface area contributed by atoms with Gasteiger partial charge in [-0.2, -0.15) is 0 Å². The number of rotatable bonds is 3. The fourth-order valence-electron chi connectivity index (χ4n) is 3.42. The van der Waals surface area contributed by atoms with Crippen molar-refractivity contribution in [3.05, 3.63) is 23.9 Å². The minimum atomic E-state index is -3.15. The Balaban J connectivity index is 1.53. The maximum absolute atomic E-state index is 12.3. The van der Waals surface area contributed by atoms with Crippen molar-refractivity contribution in [3.8, 4) is 0 Å². The summed E-state index contributed by atoms with van der Waals surface area (Å²) in [6, 6.07) is 3.34. The minimum absolute atomic E-state index is 0.0122. The lowest BCUT2D eigenvalue weighted by Crippen LogP contribution is -2.48. The molecule has 0 spiro atoms. The minimum Gasteiger partial charge on any atom is -0.390 e. The van der Waals surface area contributed by atoms with Gasteiger partial charge in [0.2, 0.25) is 5.91 Å². The average Bonchev–Trinajstić information content (AvgIpc) is 2.82. The zero-order chi connectivity index (χ0) is 17.3. The lowest BCUT2D eigenvalue weighted by atomic mass is 9.94. The van der Waals surface area contributed by atoms with Crippen molar-refractivity contribution in [2.75, 3.05) is 29.9 Å². The molecular weight excluding hydrogens is 330 g/mol. The number of piperidine rings is 1. The van der Waals surface area contributed by atoms with Gasteiger partial charge in [0.15, 0.2) is 9.84 Å². The summed E-state index contributed by atoms with van der Waals surface area (Å²) in [5, 5.41) is 12.8. The van der Waals surface area contributed by atoms with Crippen LogP contribution < -0.4 is 5.32 Å². The van der Waals surface area contributed by atoms with Crippen LogP contribution in [0.25, 0.3) is 0 Å². The number of carbonyl (C=O) groups excluding carboxylic acids is 1. The normalized spacial score (nSPS) is 27.9. The number of aliphatic hydroxyl groups excluding tert-OH is 1. The van der Waals surface area contributed by atoms with E-state index in [1.807, 2.05) is 17.9 Å². The van der Waals surface area contributed by atoms with Crippen molar-refractivity contribution >= 4 is 21.6 Å². The first-order valence-electron chi connectivity index (χ1n) is 8.20. The van der Waals surface area contributed by atoms with E-state index in [9.17, 15) is 18.3 Å². The van der Waals surface area contributed by atoms with Crippen molar-refractivity contribution in [1.82, 2.24) is 9.88 Å². The highest BCUT2D eigenvalue weighted by Crippen LogP contribution is 2.25. The third kappa shape index (κ3) is 3.93. The highest BCUT2D eigenvalue weighted by molar-refractivity contribution is 7.91. The molecule has 2 fully saturated rings. The smallest absolute Gasteiger partial charge is 0.228 e. The Kier molecular flexibility index (Phi) is 4.89. The first kappa shape index (κ1) is 17.3. The monoisotopic (exact) mass is 353 g/mol. The molecule has 132 valence electrons. The van der Waals surface area contributed by atoms with Crippen LogP contribution in [0.5, 0.6) is 0 Å². The van der Waals surface area contributed by atoms with E-state index in [1.165, 1.54) is 0 Å². The molecule has 3 rings (SSSR count). The number of likely N-dealkylation sites (tertiary alicyclic amines) is 1. The van der Waals surface area contributed by atoms with E-state index in [2.05, 4.69) is 10.3 Å². The van der Waals surface area contributed by atoms with Crippen molar-refractivity contribution in [2.45, 2.75) is 31.9 Å². The van der Waals surface area contributed by atoms with E-state index in [-0.39, 0.29) is 29.4 Å². The lowest BCUT2D eigenvalue weighted by molar-refractivity contribution is -0.121. The van der Waals surface area contributed by atoms with Crippen LogP contribution in [0, 0.1) is 12.8 Å². The molecule has 1 aromatic heterocycles. The zero-order valence-corrected chi connectivity index (χ0v) is 14.5. The van der Waals surface area contributed by atoms with E-state index in [0.717, 1.165) is 5.56 Å². The van der Waals surface area contributed by atoms with Gasteiger partial charge in [0.25, 0.3) is 0 Å². The Morgan fingerprint density at radius 1 is 1.29 bits per heavy atom. The van der Waals surface area contributed by atoms with Gasteiger partial charge in [-0.3, -0.25) is 9.69 Å². The van der Waals surface area contributed by atoms with Crippen LogP contribution in [-0.2, 0) is 14.6 Å². The van der Waals surface area contributed by atoms with E-state index < -0.39 is 15.9 Å². The SMILES string of the molecule is Cc1ccc(NC(=O)C2CCN([C@H]3CS(=O)(=O)C[C@H]3O)CC2)nc1. The number of nitrogens with one attached hydrogen (secondary N) is 1. The van der Waals surface area contributed by atoms with E-state index in [4.69, 9.17) is 0 Å². The molecule has 3 heterocycles. The van der Waals surface area contributed by atoms with E-state index >= 15 is 0 Å². The molecule has 2 atom stereocenters.